The van der Waals surface area contributed by atoms with Gasteiger partial charge in [0.15, 0.2) is 17.5 Å². The lowest BCUT2D eigenvalue weighted by molar-refractivity contribution is 0.0541. The zero-order valence-electron chi connectivity index (χ0n) is 15.6. The number of ether oxygens (including phenoxy) is 1. The van der Waals surface area contributed by atoms with Crippen LogP contribution in [0.25, 0.3) is 0 Å². The van der Waals surface area contributed by atoms with Crippen molar-refractivity contribution < 1.29 is 31.1 Å². The molecule has 0 spiro atoms. The van der Waals surface area contributed by atoms with Crippen LogP contribution in [0, 0.1) is 17.5 Å². The van der Waals surface area contributed by atoms with Gasteiger partial charge in [0.05, 0.1) is 0 Å². The van der Waals surface area contributed by atoms with E-state index in [0.717, 1.165) is 6.08 Å². The summed E-state index contributed by atoms with van der Waals surface area (Å²) in [4.78, 5) is 15.4. The molecular weight excluding hydrogens is 431 g/mol. The largest absolute Gasteiger partial charge is 0.443 e. The topological polar surface area (TPSA) is 97.4 Å². The maximum absolute atomic E-state index is 14.1. The average molecular weight is 449 g/mol. The molecule has 1 heterocycles. The molecule has 12 heteroatoms. The zero-order chi connectivity index (χ0) is 22.0. The second-order valence-electron chi connectivity index (χ2n) is 6.74. The summed E-state index contributed by atoms with van der Waals surface area (Å²) in [7, 11) is -4.33. The van der Waals surface area contributed by atoms with Crippen LogP contribution in [0.1, 0.15) is 31.6 Å². The molecular formula is C17H18F3N3O4S2. The van der Waals surface area contributed by atoms with E-state index in [1.54, 1.807) is 20.8 Å². The van der Waals surface area contributed by atoms with Crippen molar-refractivity contribution in [1.82, 2.24) is 10.4 Å². The van der Waals surface area contributed by atoms with Gasteiger partial charge in [-0.15, -0.1) is 17.9 Å². The van der Waals surface area contributed by atoms with Crippen LogP contribution in [0.3, 0.4) is 0 Å². The molecule has 0 radical (unpaired) electrons. The van der Waals surface area contributed by atoms with Gasteiger partial charge in [-0.1, -0.05) is 6.08 Å². The van der Waals surface area contributed by atoms with Crippen molar-refractivity contribution in [3.05, 3.63) is 53.2 Å². The van der Waals surface area contributed by atoms with E-state index in [9.17, 15) is 26.4 Å². The number of carbonyl (C=O) groups excluding carboxylic acids is 1. The standard InChI is InChI=1S/C17H18F3N3O4S2/c1-5-13(9-6-11(19)12(20)7-10(9)18)29(25,26)16-21-14(8-28-16)22-23-15(24)27-17(2,3)4/h5-8,13,22H,1H2,2-4H3,(H,23,24). The second-order valence-corrected chi connectivity index (χ2v) is 9.84. The summed E-state index contributed by atoms with van der Waals surface area (Å²) in [6.45, 7) is 8.33. The predicted molar refractivity (Wildman–Crippen MR) is 102 cm³/mol. The lowest BCUT2D eigenvalue weighted by atomic mass is 10.1. The molecule has 1 aromatic heterocycles. The Morgan fingerprint density at radius 1 is 1.24 bits per heavy atom. The number of nitrogens with zero attached hydrogens (tertiary/aromatic N) is 1. The fraction of sp³-hybridized carbons (Fsp3) is 0.294. The van der Waals surface area contributed by atoms with Crippen molar-refractivity contribution in [3.8, 4) is 0 Å². The highest BCUT2D eigenvalue weighted by Gasteiger charge is 2.32. The number of carbonyl (C=O) groups is 1. The van der Waals surface area contributed by atoms with Crippen molar-refractivity contribution in [2.75, 3.05) is 5.43 Å². The molecule has 1 amide bonds. The molecule has 1 aromatic carbocycles. The van der Waals surface area contributed by atoms with E-state index in [1.807, 2.05) is 0 Å². The van der Waals surface area contributed by atoms with E-state index in [2.05, 4.69) is 22.4 Å². The van der Waals surface area contributed by atoms with Gasteiger partial charge in [-0.2, -0.15) is 0 Å². The molecule has 0 saturated heterocycles. The molecule has 158 valence electrons. The number of nitrogens with one attached hydrogen (secondary N) is 2. The highest BCUT2D eigenvalue weighted by atomic mass is 32.2. The summed E-state index contributed by atoms with van der Waals surface area (Å²) in [6.07, 6.45) is 0.0705. The molecule has 2 rings (SSSR count). The highest BCUT2D eigenvalue weighted by molar-refractivity contribution is 7.93. The van der Waals surface area contributed by atoms with E-state index in [1.165, 1.54) is 5.38 Å². The van der Waals surface area contributed by atoms with Gasteiger partial charge in [0.25, 0.3) is 0 Å². The molecule has 1 unspecified atom stereocenters. The molecule has 0 aliphatic rings. The summed E-state index contributed by atoms with van der Waals surface area (Å²) in [6, 6.07) is 0.724. The maximum atomic E-state index is 14.1. The SMILES string of the molecule is C=CC(c1cc(F)c(F)cc1F)S(=O)(=O)c1nc(NNC(=O)OC(C)(C)C)cs1. The number of hydrogen-bond donors (Lipinski definition) is 2. The average Bonchev–Trinajstić information content (AvgIpc) is 3.06. The maximum Gasteiger partial charge on any atom is 0.426 e. The van der Waals surface area contributed by atoms with Gasteiger partial charge >= 0.3 is 6.09 Å². The normalized spacial score (nSPS) is 12.9. The Morgan fingerprint density at radius 3 is 2.45 bits per heavy atom. The third kappa shape index (κ3) is 5.48. The van der Waals surface area contributed by atoms with Gasteiger partial charge < -0.3 is 4.74 Å². The Bertz CT molecular complexity index is 1030. The molecule has 2 aromatic rings. The number of benzene rings is 1. The Balaban J connectivity index is 2.24. The number of amides is 1. The van der Waals surface area contributed by atoms with Crippen LogP contribution >= 0.6 is 11.3 Å². The Morgan fingerprint density at radius 2 is 1.86 bits per heavy atom. The van der Waals surface area contributed by atoms with Crippen molar-refractivity contribution >= 4 is 33.1 Å². The molecule has 0 aliphatic carbocycles. The minimum atomic E-state index is -4.33. The van der Waals surface area contributed by atoms with E-state index in [4.69, 9.17) is 4.74 Å². The van der Waals surface area contributed by atoms with Crippen LogP contribution in [0.5, 0.6) is 0 Å². The van der Waals surface area contributed by atoms with Gasteiger partial charge in [0.2, 0.25) is 14.2 Å². The zero-order valence-corrected chi connectivity index (χ0v) is 17.3. The Labute approximate surface area is 169 Å². The first-order chi connectivity index (χ1) is 13.3. The summed E-state index contributed by atoms with van der Waals surface area (Å²) < 4.78 is 70.9. The van der Waals surface area contributed by atoms with Gasteiger partial charge in [-0.3, -0.25) is 5.43 Å². The third-order valence-electron chi connectivity index (χ3n) is 3.31. The summed E-state index contributed by atoms with van der Waals surface area (Å²) >= 11 is 0.681. The van der Waals surface area contributed by atoms with Crippen molar-refractivity contribution in [3.63, 3.8) is 0 Å². The predicted octanol–water partition coefficient (Wildman–Crippen LogP) is 4.11. The number of aromatic nitrogens is 1. The fourth-order valence-corrected chi connectivity index (χ4v) is 4.83. The number of rotatable bonds is 6. The monoisotopic (exact) mass is 449 g/mol. The highest BCUT2D eigenvalue weighted by Crippen LogP contribution is 2.34. The minimum absolute atomic E-state index is 0.0204. The van der Waals surface area contributed by atoms with Crippen LogP contribution in [0.2, 0.25) is 0 Å². The number of thiazole rings is 1. The molecule has 0 saturated carbocycles. The number of hydrazine groups is 1. The lowest BCUT2D eigenvalue weighted by Gasteiger charge is -2.19. The fourth-order valence-electron chi connectivity index (χ4n) is 2.15. The van der Waals surface area contributed by atoms with E-state index in [0.29, 0.717) is 17.4 Å². The first-order valence-corrected chi connectivity index (χ1v) is 10.5. The van der Waals surface area contributed by atoms with E-state index >= 15 is 0 Å². The molecule has 1 atom stereocenters. The minimum Gasteiger partial charge on any atom is -0.443 e. The second kappa shape index (κ2) is 8.41. The van der Waals surface area contributed by atoms with Crippen molar-refractivity contribution in [1.29, 1.82) is 0 Å². The molecule has 7 nitrogen and oxygen atoms in total. The van der Waals surface area contributed by atoms with Crippen LogP contribution in [-0.2, 0) is 14.6 Å². The molecule has 0 aliphatic heterocycles. The number of hydrogen-bond acceptors (Lipinski definition) is 7. The summed E-state index contributed by atoms with van der Waals surface area (Å²) in [5, 5.41) is -0.415. The molecule has 0 fully saturated rings. The van der Waals surface area contributed by atoms with Gasteiger partial charge in [0, 0.05) is 17.0 Å². The number of anilines is 1. The Hall–Kier alpha value is -2.60. The van der Waals surface area contributed by atoms with Gasteiger partial charge in [-0.05, 0) is 26.8 Å². The molecule has 2 N–H and O–H groups in total. The first kappa shape index (κ1) is 22.7. The third-order valence-corrected chi connectivity index (χ3v) is 6.63. The van der Waals surface area contributed by atoms with Gasteiger partial charge in [-0.25, -0.2) is 36.8 Å². The van der Waals surface area contributed by atoms with E-state index in [-0.39, 0.29) is 11.9 Å². The lowest BCUT2D eigenvalue weighted by Crippen LogP contribution is -2.35. The van der Waals surface area contributed by atoms with Gasteiger partial charge in [0.1, 0.15) is 16.7 Å². The van der Waals surface area contributed by atoms with Crippen molar-refractivity contribution in [2.24, 2.45) is 0 Å². The smallest absolute Gasteiger partial charge is 0.426 e. The molecule has 29 heavy (non-hydrogen) atoms. The molecule has 0 bridgehead atoms. The summed E-state index contributed by atoms with van der Waals surface area (Å²) in [5.74, 6) is -4.10. The Kier molecular flexibility index (Phi) is 6.58. The quantitative estimate of drug-likeness (QED) is 0.391. The van der Waals surface area contributed by atoms with Crippen LogP contribution < -0.4 is 10.9 Å². The van der Waals surface area contributed by atoms with E-state index < -0.39 is 54.1 Å². The first-order valence-electron chi connectivity index (χ1n) is 8.06. The van der Waals surface area contributed by atoms with Crippen LogP contribution in [0.15, 0.2) is 34.5 Å². The van der Waals surface area contributed by atoms with Crippen molar-refractivity contribution in [2.45, 2.75) is 36.0 Å². The van der Waals surface area contributed by atoms with Crippen LogP contribution in [0.4, 0.5) is 23.8 Å². The van der Waals surface area contributed by atoms with Crippen LogP contribution in [-0.4, -0.2) is 25.1 Å². The summed E-state index contributed by atoms with van der Waals surface area (Å²) in [5.41, 5.74) is 3.23. The number of halogens is 3. The number of sulfone groups is 1.